The summed E-state index contributed by atoms with van der Waals surface area (Å²) in [6.45, 7) is 4.93. The minimum Gasteiger partial charge on any atom is -0.466 e. The van der Waals surface area contributed by atoms with Gasteiger partial charge in [-0.25, -0.2) is 0 Å². The minimum absolute atomic E-state index is 0.0157. The summed E-state index contributed by atoms with van der Waals surface area (Å²) in [6.07, 6.45) is 91.5. The number of esters is 1. The smallest absolute Gasteiger partial charge is 0.305 e. The molecule has 0 saturated carbocycles. The van der Waals surface area contributed by atoms with Gasteiger partial charge in [0.25, 0.3) is 0 Å². The summed E-state index contributed by atoms with van der Waals surface area (Å²) in [5.74, 6) is -0.0446. The van der Waals surface area contributed by atoms with Gasteiger partial charge in [-0.1, -0.05) is 378 Å². The van der Waals surface area contributed by atoms with Crippen molar-refractivity contribution in [1.29, 1.82) is 0 Å². The van der Waals surface area contributed by atoms with Gasteiger partial charge in [0, 0.05) is 12.8 Å². The van der Waals surface area contributed by atoms with Gasteiger partial charge < -0.3 is 20.3 Å². The van der Waals surface area contributed by atoms with Crippen LogP contribution in [0.2, 0.25) is 0 Å². The fourth-order valence-corrected chi connectivity index (χ4v) is 12.0. The van der Waals surface area contributed by atoms with Crippen LogP contribution < -0.4 is 5.32 Å². The number of carbonyl (C=O) groups is 2. The average Bonchev–Trinajstić information content (AvgIpc) is 3.48. The van der Waals surface area contributed by atoms with Crippen LogP contribution >= 0.6 is 0 Å². The fraction of sp³-hybridized carbons (Fsp3) is 0.921. The zero-order chi connectivity index (χ0) is 59.2. The Hall–Kier alpha value is -1.66. The Balaban J connectivity index is 3.31. The lowest BCUT2D eigenvalue weighted by atomic mass is 10.0. The first-order valence-corrected chi connectivity index (χ1v) is 37.6. The highest BCUT2D eigenvalue weighted by molar-refractivity contribution is 5.76. The van der Waals surface area contributed by atoms with E-state index in [2.05, 4.69) is 31.3 Å². The van der Waals surface area contributed by atoms with Crippen molar-refractivity contribution in [2.75, 3.05) is 13.2 Å². The SMILES string of the molecule is CCCCCCCCC/C=C\CCCCCCCC(=O)OCCCCCCCCCCCCCCCCCCCCCCCCCCCCCCCCCCCCCC(=O)NC(CO)C(O)/C=C/CCCCCCCCCCCCCC. The first kappa shape index (κ1) is 80.3. The second-order valence-electron chi connectivity index (χ2n) is 26.0. The van der Waals surface area contributed by atoms with E-state index in [1.54, 1.807) is 6.08 Å². The highest BCUT2D eigenvalue weighted by atomic mass is 16.5. The van der Waals surface area contributed by atoms with E-state index in [0.29, 0.717) is 19.4 Å². The molecule has 0 saturated heterocycles. The number of hydrogen-bond donors (Lipinski definition) is 3. The molecule has 0 heterocycles. The highest BCUT2D eigenvalue weighted by Crippen LogP contribution is 2.19. The molecule has 6 heteroatoms. The lowest BCUT2D eigenvalue weighted by Gasteiger charge is -2.20. The van der Waals surface area contributed by atoms with Crippen molar-refractivity contribution in [2.24, 2.45) is 0 Å². The average molecular weight is 1160 g/mol. The summed E-state index contributed by atoms with van der Waals surface area (Å²) in [6, 6.07) is -0.623. The summed E-state index contributed by atoms with van der Waals surface area (Å²) in [4.78, 5) is 24.6. The van der Waals surface area contributed by atoms with Crippen LogP contribution in [0.4, 0.5) is 0 Å². The van der Waals surface area contributed by atoms with Gasteiger partial charge in [0.2, 0.25) is 5.91 Å². The van der Waals surface area contributed by atoms with Gasteiger partial charge in [-0.2, -0.15) is 0 Å². The number of aliphatic hydroxyl groups excluding tert-OH is 2. The van der Waals surface area contributed by atoms with Crippen LogP contribution in [0.1, 0.15) is 425 Å². The molecule has 1 amide bonds. The van der Waals surface area contributed by atoms with Gasteiger partial charge in [0.1, 0.15) is 0 Å². The molecule has 0 aromatic rings. The van der Waals surface area contributed by atoms with Crippen LogP contribution in [-0.4, -0.2) is 47.4 Å². The predicted molar refractivity (Wildman–Crippen MR) is 361 cm³/mol. The number of amides is 1. The number of aliphatic hydroxyl groups is 2. The van der Waals surface area contributed by atoms with Crippen molar-refractivity contribution in [3.05, 3.63) is 24.3 Å². The monoisotopic (exact) mass is 1150 g/mol. The Kier molecular flexibility index (Phi) is 70.4. The van der Waals surface area contributed by atoms with E-state index in [1.807, 2.05) is 6.08 Å². The summed E-state index contributed by atoms with van der Waals surface area (Å²) < 4.78 is 5.50. The zero-order valence-electron chi connectivity index (χ0n) is 55.8. The second kappa shape index (κ2) is 71.8. The van der Waals surface area contributed by atoms with E-state index in [-0.39, 0.29) is 18.5 Å². The minimum atomic E-state index is -0.840. The Labute approximate surface area is 513 Å². The molecule has 6 nitrogen and oxygen atoms in total. The highest BCUT2D eigenvalue weighted by Gasteiger charge is 2.18. The van der Waals surface area contributed by atoms with Gasteiger partial charge in [-0.15, -0.1) is 0 Å². The Morgan fingerprint density at radius 3 is 0.866 bits per heavy atom. The van der Waals surface area contributed by atoms with Gasteiger partial charge in [-0.3, -0.25) is 9.59 Å². The molecular formula is C76H147NO5. The Morgan fingerprint density at radius 2 is 0.573 bits per heavy atom. The number of nitrogens with one attached hydrogen (secondary N) is 1. The lowest BCUT2D eigenvalue weighted by Crippen LogP contribution is -2.45. The van der Waals surface area contributed by atoms with Crippen LogP contribution in [0.5, 0.6) is 0 Å². The lowest BCUT2D eigenvalue weighted by molar-refractivity contribution is -0.143. The van der Waals surface area contributed by atoms with E-state index in [4.69, 9.17) is 4.74 Å². The quantitative estimate of drug-likeness (QED) is 0.0320. The largest absolute Gasteiger partial charge is 0.466 e. The van der Waals surface area contributed by atoms with Crippen molar-refractivity contribution >= 4 is 11.9 Å². The number of rotatable bonds is 71. The Bertz CT molecular complexity index is 1280. The van der Waals surface area contributed by atoms with E-state index < -0.39 is 12.1 Å². The third-order valence-electron chi connectivity index (χ3n) is 17.7. The third-order valence-corrected chi connectivity index (χ3v) is 17.7. The van der Waals surface area contributed by atoms with Crippen LogP contribution in [0.25, 0.3) is 0 Å². The summed E-state index contributed by atoms with van der Waals surface area (Å²) >= 11 is 0. The van der Waals surface area contributed by atoms with E-state index in [9.17, 15) is 19.8 Å². The zero-order valence-corrected chi connectivity index (χ0v) is 55.8. The molecule has 2 unspecified atom stereocenters. The molecule has 0 aromatic carbocycles. The summed E-state index contributed by atoms with van der Waals surface area (Å²) in [5.41, 5.74) is 0. The number of ether oxygens (including phenoxy) is 1. The number of carbonyl (C=O) groups excluding carboxylic acids is 2. The summed E-state index contributed by atoms with van der Waals surface area (Å²) in [5, 5.41) is 23.2. The van der Waals surface area contributed by atoms with Crippen molar-refractivity contribution in [3.8, 4) is 0 Å². The molecule has 2 atom stereocenters. The summed E-state index contributed by atoms with van der Waals surface area (Å²) in [7, 11) is 0. The van der Waals surface area contributed by atoms with Crippen molar-refractivity contribution in [1.82, 2.24) is 5.32 Å². The van der Waals surface area contributed by atoms with Gasteiger partial charge >= 0.3 is 5.97 Å². The number of allylic oxidation sites excluding steroid dienone is 3. The normalized spacial score (nSPS) is 12.6. The van der Waals surface area contributed by atoms with Crippen molar-refractivity contribution < 1.29 is 24.5 Å². The molecule has 0 radical (unpaired) electrons. The van der Waals surface area contributed by atoms with Crippen LogP contribution in [0.15, 0.2) is 24.3 Å². The molecule has 0 rings (SSSR count). The first-order chi connectivity index (χ1) is 40.5. The predicted octanol–water partition coefficient (Wildman–Crippen LogP) is 24.5. The van der Waals surface area contributed by atoms with Gasteiger partial charge in [0.15, 0.2) is 0 Å². The number of unbranched alkanes of at least 4 members (excludes halogenated alkanes) is 58. The molecule has 3 N–H and O–H groups in total. The number of hydrogen-bond acceptors (Lipinski definition) is 5. The fourth-order valence-electron chi connectivity index (χ4n) is 12.0. The van der Waals surface area contributed by atoms with Crippen LogP contribution in [-0.2, 0) is 14.3 Å². The molecule has 0 aliphatic carbocycles. The van der Waals surface area contributed by atoms with E-state index in [1.165, 1.54) is 353 Å². The first-order valence-electron chi connectivity index (χ1n) is 37.6. The maximum atomic E-state index is 12.5. The molecular weight excluding hydrogens is 1010 g/mol. The molecule has 0 aliphatic heterocycles. The topological polar surface area (TPSA) is 95.9 Å². The molecule has 0 fully saturated rings. The van der Waals surface area contributed by atoms with Crippen LogP contribution in [0, 0.1) is 0 Å². The van der Waals surface area contributed by atoms with Crippen molar-refractivity contribution in [3.63, 3.8) is 0 Å². The molecule has 0 aromatic heterocycles. The van der Waals surface area contributed by atoms with E-state index >= 15 is 0 Å². The molecule has 486 valence electrons. The van der Waals surface area contributed by atoms with Crippen molar-refractivity contribution in [2.45, 2.75) is 437 Å². The molecule has 0 bridgehead atoms. The van der Waals surface area contributed by atoms with Gasteiger partial charge in [0.05, 0.1) is 25.4 Å². The van der Waals surface area contributed by atoms with Crippen LogP contribution in [0.3, 0.4) is 0 Å². The maximum Gasteiger partial charge on any atom is 0.305 e. The standard InChI is InChI=1S/C76H147NO5/c1-3-5-7-9-11-13-15-17-19-42-46-50-54-58-62-66-70-76(81)82-71-67-63-59-55-51-47-43-40-38-36-34-32-30-28-26-24-22-20-21-23-25-27-29-31-33-35-37-39-41-45-49-53-57-61-65-69-75(80)77-73(72-78)74(79)68-64-60-56-52-48-44-18-16-14-12-10-8-6-4-2/h19,42,64,68,73-74,78-79H,3-18,20-41,43-63,65-67,69-72H2,1-2H3,(H,77,80)/b42-19-,68-64+. The second-order valence-corrected chi connectivity index (χ2v) is 26.0. The maximum absolute atomic E-state index is 12.5. The van der Waals surface area contributed by atoms with Gasteiger partial charge in [-0.05, 0) is 57.8 Å². The van der Waals surface area contributed by atoms with E-state index in [0.717, 1.165) is 44.9 Å². The third kappa shape index (κ3) is 67.5. The molecule has 82 heavy (non-hydrogen) atoms. The molecule has 0 aliphatic rings. The Morgan fingerprint density at radius 1 is 0.329 bits per heavy atom. The molecule has 0 spiro atoms.